The lowest BCUT2D eigenvalue weighted by Gasteiger charge is -2.24. The maximum absolute atomic E-state index is 5.97. The summed E-state index contributed by atoms with van der Waals surface area (Å²) in [6, 6.07) is 0. The summed E-state index contributed by atoms with van der Waals surface area (Å²) in [4.78, 5) is 0. The van der Waals surface area contributed by atoms with Gasteiger partial charge in [-0.1, -0.05) is 40.5 Å². The van der Waals surface area contributed by atoms with E-state index >= 15 is 0 Å². The van der Waals surface area contributed by atoms with Gasteiger partial charge in [0.25, 0.3) is 0 Å². The number of hydrogen-bond acceptors (Lipinski definition) is 7. The zero-order valence-corrected chi connectivity index (χ0v) is 21.1. The molecule has 0 saturated heterocycles. The highest BCUT2D eigenvalue weighted by molar-refractivity contribution is 5.08. The normalized spacial score (nSPS) is 15.0. The molecule has 0 aromatic carbocycles. The van der Waals surface area contributed by atoms with Crippen LogP contribution in [-0.4, -0.2) is 54.2 Å². The van der Waals surface area contributed by atoms with Crippen LogP contribution in [0, 0.1) is 0 Å². The van der Waals surface area contributed by atoms with Crippen molar-refractivity contribution >= 4 is 0 Å². The van der Waals surface area contributed by atoms with Crippen molar-refractivity contribution in [3.63, 3.8) is 0 Å². The van der Waals surface area contributed by atoms with Gasteiger partial charge in [-0.25, -0.2) is 0 Å². The number of allylic oxidation sites excluding steroid dienone is 2. The molecule has 0 spiro atoms. The van der Waals surface area contributed by atoms with Crippen LogP contribution in [0.1, 0.15) is 79.1 Å². The zero-order chi connectivity index (χ0) is 23.5. The molecule has 0 bridgehead atoms. The first-order valence-corrected chi connectivity index (χ1v) is 11.5. The Morgan fingerprint density at radius 1 is 0.548 bits per heavy atom. The van der Waals surface area contributed by atoms with Gasteiger partial charge >= 0.3 is 0 Å². The van der Waals surface area contributed by atoms with E-state index in [1.54, 1.807) is 28.4 Å². The topological polar surface area (TPSA) is 64.6 Å². The van der Waals surface area contributed by atoms with Gasteiger partial charge in [0.15, 0.2) is 25.1 Å². The van der Waals surface area contributed by atoms with Crippen LogP contribution in [0.4, 0.5) is 0 Å². The molecule has 2 unspecified atom stereocenters. The molecular weight excluding hydrogens is 400 g/mol. The number of methoxy groups -OCH3 is 4. The van der Waals surface area contributed by atoms with Gasteiger partial charge in [0.1, 0.15) is 23.7 Å². The predicted molar refractivity (Wildman–Crippen MR) is 122 cm³/mol. The van der Waals surface area contributed by atoms with Crippen molar-refractivity contribution in [1.82, 2.24) is 0 Å². The van der Waals surface area contributed by atoms with Crippen molar-refractivity contribution in [3.05, 3.63) is 23.0 Å². The third-order valence-electron chi connectivity index (χ3n) is 4.83. The molecule has 184 valence electrons. The van der Waals surface area contributed by atoms with Crippen LogP contribution in [0.5, 0.6) is 0 Å². The number of rotatable bonds is 20. The molecule has 0 radical (unpaired) electrons. The minimum Gasteiger partial charge on any atom is -0.497 e. The Labute approximate surface area is 190 Å². The summed E-state index contributed by atoms with van der Waals surface area (Å²) >= 11 is 0. The van der Waals surface area contributed by atoms with Gasteiger partial charge in [0.2, 0.25) is 0 Å². The van der Waals surface area contributed by atoms with Crippen LogP contribution in [0.2, 0.25) is 0 Å². The van der Waals surface area contributed by atoms with Crippen molar-refractivity contribution in [3.8, 4) is 0 Å². The van der Waals surface area contributed by atoms with Crippen LogP contribution >= 0.6 is 0 Å². The zero-order valence-electron chi connectivity index (χ0n) is 21.1. The Balaban J connectivity index is 4.97. The quantitative estimate of drug-likeness (QED) is 0.131. The van der Waals surface area contributed by atoms with Crippen molar-refractivity contribution in [2.45, 2.75) is 91.3 Å². The van der Waals surface area contributed by atoms with Crippen LogP contribution in [0.3, 0.4) is 0 Å². The van der Waals surface area contributed by atoms with Crippen LogP contribution in [0.25, 0.3) is 0 Å². The van der Waals surface area contributed by atoms with E-state index in [-0.39, 0.29) is 25.8 Å². The molecule has 0 amide bonds. The van der Waals surface area contributed by atoms with E-state index in [4.69, 9.17) is 33.2 Å². The Hall–Kier alpha value is -1.44. The molecule has 0 aromatic rings. The molecule has 0 aromatic heterocycles. The molecule has 0 fully saturated rings. The van der Waals surface area contributed by atoms with Gasteiger partial charge in [-0.05, 0) is 25.7 Å². The maximum Gasteiger partial charge on any atom is 0.162 e. The van der Waals surface area contributed by atoms with Crippen LogP contribution in [0.15, 0.2) is 23.0 Å². The molecule has 2 atom stereocenters. The van der Waals surface area contributed by atoms with E-state index in [0.29, 0.717) is 0 Å². The van der Waals surface area contributed by atoms with E-state index < -0.39 is 0 Å². The lowest BCUT2D eigenvalue weighted by Crippen LogP contribution is -2.24. The fourth-order valence-corrected chi connectivity index (χ4v) is 3.35. The molecule has 0 aliphatic heterocycles. The molecule has 0 N–H and O–H groups in total. The average molecular weight is 447 g/mol. The molecule has 7 heteroatoms. The molecule has 0 rings (SSSR count). The van der Waals surface area contributed by atoms with Gasteiger partial charge in [-0.2, -0.15) is 0 Å². The Bertz CT molecular complexity index is 458. The number of ether oxygens (including phenoxy) is 7. The largest absolute Gasteiger partial charge is 0.497 e. The van der Waals surface area contributed by atoms with E-state index in [1.165, 1.54) is 0 Å². The summed E-state index contributed by atoms with van der Waals surface area (Å²) in [6.07, 6.45) is 6.63. The fraction of sp³-hybridized carbons (Fsp3) is 0.833. The SMILES string of the molecule is CCCC(OC)=C(OC)C(CCC)OCOCOC(CCC)C(OC)=C(CCC)OC. The molecule has 31 heavy (non-hydrogen) atoms. The van der Waals surface area contributed by atoms with Gasteiger partial charge in [0, 0.05) is 12.8 Å². The molecule has 7 nitrogen and oxygen atoms in total. The lowest BCUT2D eigenvalue weighted by molar-refractivity contribution is -0.165. The maximum atomic E-state index is 5.97. The van der Waals surface area contributed by atoms with Gasteiger partial charge in [-0.3, -0.25) is 0 Å². The van der Waals surface area contributed by atoms with Crippen molar-refractivity contribution in [1.29, 1.82) is 0 Å². The highest BCUT2D eigenvalue weighted by Crippen LogP contribution is 2.23. The smallest absolute Gasteiger partial charge is 0.162 e. The monoisotopic (exact) mass is 446 g/mol. The van der Waals surface area contributed by atoms with Crippen molar-refractivity contribution in [2.24, 2.45) is 0 Å². The highest BCUT2D eigenvalue weighted by Gasteiger charge is 2.22. The van der Waals surface area contributed by atoms with Crippen LogP contribution < -0.4 is 0 Å². The Morgan fingerprint density at radius 2 is 0.935 bits per heavy atom. The minimum absolute atomic E-state index is 0.0949. The molecule has 0 heterocycles. The van der Waals surface area contributed by atoms with Gasteiger partial charge < -0.3 is 33.2 Å². The molecule has 0 saturated carbocycles. The summed E-state index contributed by atoms with van der Waals surface area (Å²) in [5.74, 6) is 3.10. The van der Waals surface area contributed by atoms with E-state index in [0.717, 1.165) is 74.4 Å². The van der Waals surface area contributed by atoms with Crippen molar-refractivity contribution in [2.75, 3.05) is 42.0 Å². The predicted octanol–water partition coefficient (Wildman–Crippen LogP) is 5.90. The highest BCUT2D eigenvalue weighted by atomic mass is 16.7. The van der Waals surface area contributed by atoms with E-state index in [9.17, 15) is 0 Å². The molecule has 0 aliphatic rings. The van der Waals surface area contributed by atoms with E-state index in [2.05, 4.69) is 27.7 Å². The second-order valence-electron chi connectivity index (χ2n) is 7.22. The summed E-state index contributed by atoms with van der Waals surface area (Å²) < 4.78 is 39.9. The third kappa shape index (κ3) is 11.1. The standard InChI is InChI=1S/C24H46O7/c1-9-13-19(25-5)23(27-7)21(15-11-3)30-17-29-18-31-22(16-12-4)24(28-8)20(26-6)14-10-2/h21-22H,9-18H2,1-8H3. The second-order valence-corrected chi connectivity index (χ2v) is 7.22. The first-order chi connectivity index (χ1) is 15.1. The summed E-state index contributed by atoms with van der Waals surface area (Å²) in [6.45, 7) is 8.62. The fourth-order valence-electron chi connectivity index (χ4n) is 3.35. The number of hydrogen-bond donors (Lipinski definition) is 0. The van der Waals surface area contributed by atoms with Gasteiger partial charge in [0.05, 0.1) is 28.4 Å². The lowest BCUT2D eigenvalue weighted by atomic mass is 10.1. The summed E-state index contributed by atoms with van der Waals surface area (Å²) in [5.41, 5.74) is 0. The summed E-state index contributed by atoms with van der Waals surface area (Å²) in [7, 11) is 6.63. The van der Waals surface area contributed by atoms with Gasteiger partial charge in [-0.15, -0.1) is 0 Å². The summed E-state index contributed by atoms with van der Waals surface area (Å²) in [5, 5.41) is 0. The Morgan fingerprint density at radius 3 is 1.19 bits per heavy atom. The van der Waals surface area contributed by atoms with E-state index in [1.807, 2.05) is 0 Å². The molecule has 0 aliphatic carbocycles. The average Bonchev–Trinajstić information content (AvgIpc) is 2.78. The third-order valence-corrected chi connectivity index (χ3v) is 4.83. The van der Waals surface area contributed by atoms with Crippen molar-refractivity contribution < 1.29 is 33.2 Å². The minimum atomic E-state index is -0.220. The molecular formula is C24H46O7. The Kier molecular flexibility index (Phi) is 18.4. The first-order valence-electron chi connectivity index (χ1n) is 11.5. The second kappa shape index (κ2) is 19.3. The van der Waals surface area contributed by atoms with Crippen LogP contribution in [-0.2, 0) is 33.2 Å². The first kappa shape index (κ1) is 29.6.